The first kappa shape index (κ1) is 36.9. The lowest BCUT2D eigenvalue weighted by Gasteiger charge is -2.47. The van der Waals surface area contributed by atoms with Gasteiger partial charge in [0, 0.05) is 0 Å². The van der Waals surface area contributed by atoms with Gasteiger partial charge in [-0.1, -0.05) is 121 Å². The smallest absolute Gasteiger partial charge is 0.323 e. The van der Waals surface area contributed by atoms with E-state index in [-0.39, 0.29) is 39.6 Å². The quantitative estimate of drug-likeness (QED) is 0.0864. The second kappa shape index (κ2) is 19.7. The molecule has 5 rings (SSSR count). The van der Waals surface area contributed by atoms with E-state index < -0.39 is 48.4 Å². The lowest BCUT2D eigenvalue weighted by atomic mass is 9.87. The molecule has 50 heavy (non-hydrogen) atoms. The summed E-state index contributed by atoms with van der Waals surface area (Å²) >= 11 is 0. The molecule has 0 N–H and O–H groups in total. The van der Waals surface area contributed by atoms with Crippen LogP contribution >= 0.6 is 0 Å². The minimum Gasteiger partial charge on any atom is -0.465 e. The van der Waals surface area contributed by atoms with E-state index in [2.05, 4.69) is 0 Å². The first-order chi connectivity index (χ1) is 24.6. The van der Waals surface area contributed by atoms with Crippen LogP contribution in [0.5, 0.6) is 0 Å². The topological polar surface area (TPSA) is 98.8 Å². The van der Waals surface area contributed by atoms with Crippen molar-refractivity contribution in [2.75, 3.05) is 19.8 Å². The van der Waals surface area contributed by atoms with Crippen LogP contribution < -0.4 is 0 Å². The van der Waals surface area contributed by atoms with Gasteiger partial charge in [-0.25, -0.2) is 0 Å². The van der Waals surface area contributed by atoms with Gasteiger partial charge >= 0.3 is 11.9 Å². The number of hydrogen-bond donors (Lipinski definition) is 0. The molecule has 4 aromatic carbocycles. The van der Waals surface area contributed by atoms with Crippen LogP contribution in [0.15, 0.2) is 121 Å². The fraction of sp³-hybridized carbons (Fsp3) is 0.366. The highest BCUT2D eigenvalue weighted by Gasteiger charge is 2.55. The van der Waals surface area contributed by atoms with Gasteiger partial charge in [0.1, 0.15) is 30.5 Å². The molecule has 1 aliphatic heterocycles. The third-order valence-electron chi connectivity index (χ3n) is 8.33. The second-order valence-electron chi connectivity index (χ2n) is 11.9. The summed E-state index contributed by atoms with van der Waals surface area (Å²) in [7, 11) is 0. The summed E-state index contributed by atoms with van der Waals surface area (Å²) in [5, 5.41) is 0. The number of carbonyl (C=O) groups is 2. The van der Waals surface area contributed by atoms with Crippen molar-refractivity contribution < 1.29 is 42.7 Å². The summed E-state index contributed by atoms with van der Waals surface area (Å²) in [6, 6.07) is 39.0. The molecule has 1 aliphatic rings. The molecular weight excluding hydrogens is 636 g/mol. The van der Waals surface area contributed by atoms with Crippen LogP contribution in [0.25, 0.3) is 0 Å². The SMILES string of the molecule is CCOC(=O)C(C(=O)OCC)[C@H]1O[C@H](COCc2ccccc2)[C@@H](OCc2ccccc2)[C@H](OCc2ccccc2)[C@H]1OCc1ccccc1. The Balaban J connectivity index is 1.54. The van der Waals surface area contributed by atoms with E-state index >= 15 is 0 Å². The molecule has 0 amide bonds. The molecule has 1 saturated heterocycles. The number of carbonyl (C=O) groups excluding carboxylic acids is 2. The molecule has 9 nitrogen and oxygen atoms in total. The van der Waals surface area contributed by atoms with Gasteiger partial charge in [-0.3, -0.25) is 9.59 Å². The lowest BCUT2D eigenvalue weighted by molar-refractivity contribution is -0.281. The average Bonchev–Trinajstić information content (AvgIpc) is 3.15. The molecule has 0 bridgehead atoms. The molecule has 264 valence electrons. The highest BCUT2D eigenvalue weighted by Crippen LogP contribution is 2.35. The van der Waals surface area contributed by atoms with E-state index in [9.17, 15) is 9.59 Å². The predicted octanol–water partition coefficient (Wildman–Crippen LogP) is 6.47. The molecule has 9 heteroatoms. The Kier molecular flexibility index (Phi) is 14.5. The number of hydrogen-bond acceptors (Lipinski definition) is 9. The van der Waals surface area contributed by atoms with Crippen molar-refractivity contribution in [3.05, 3.63) is 144 Å². The Labute approximate surface area is 294 Å². The van der Waals surface area contributed by atoms with E-state index in [1.165, 1.54) is 0 Å². The highest BCUT2D eigenvalue weighted by atomic mass is 16.6. The van der Waals surface area contributed by atoms with Crippen molar-refractivity contribution in [1.82, 2.24) is 0 Å². The monoisotopic (exact) mass is 682 g/mol. The molecule has 0 aromatic heterocycles. The summed E-state index contributed by atoms with van der Waals surface area (Å²) in [6.45, 7) is 4.54. The lowest BCUT2D eigenvalue weighted by Crippen LogP contribution is -2.64. The molecule has 1 fully saturated rings. The van der Waals surface area contributed by atoms with Crippen LogP contribution in [-0.4, -0.2) is 62.3 Å². The molecule has 4 aromatic rings. The van der Waals surface area contributed by atoms with Crippen LogP contribution in [-0.2, 0) is 69.2 Å². The van der Waals surface area contributed by atoms with Crippen molar-refractivity contribution in [2.24, 2.45) is 5.92 Å². The number of ether oxygens (including phenoxy) is 7. The predicted molar refractivity (Wildman–Crippen MR) is 187 cm³/mol. The van der Waals surface area contributed by atoms with Crippen molar-refractivity contribution in [3.63, 3.8) is 0 Å². The minimum absolute atomic E-state index is 0.0668. The van der Waals surface area contributed by atoms with Gasteiger partial charge in [0.25, 0.3) is 0 Å². The summed E-state index contributed by atoms with van der Waals surface area (Å²) in [6.07, 6.45) is -4.41. The van der Waals surface area contributed by atoms with Crippen LogP contribution in [0.3, 0.4) is 0 Å². The van der Waals surface area contributed by atoms with Crippen molar-refractivity contribution >= 4 is 11.9 Å². The van der Waals surface area contributed by atoms with Gasteiger partial charge < -0.3 is 33.2 Å². The van der Waals surface area contributed by atoms with Gasteiger partial charge in [-0.2, -0.15) is 0 Å². The normalized spacial score (nSPS) is 20.3. The second-order valence-corrected chi connectivity index (χ2v) is 11.9. The third kappa shape index (κ3) is 10.6. The summed E-state index contributed by atoms with van der Waals surface area (Å²) < 4.78 is 43.9. The summed E-state index contributed by atoms with van der Waals surface area (Å²) in [5.74, 6) is -2.98. The van der Waals surface area contributed by atoms with Gasteiger partial charge in [0.05, 0.1) is 46.2 Å². The maximum absolute atomic E-state index is 13.6. The third-order valence-corrected chi connectivity index (χ3v) is 8.33. The Morgan fingerprint density at radius 1 is 0.540 bits per heavy atom. The van der Waals surface area contributed by atoms with E-state index in [1.807, 2.05) is 121 Å². The number of benzene rings is 4. The van der Waals surface area contributed by atoms with Crippen LogP contribution in [0.1, 0.15) is 36.1 Å². The van der Waals surface area contributed by atoms with E-state index in [0.29, 0.717) is 6.61 Å². The molecule has 0 unspecified atom stereocenters. The fourth-order valence-electron chi connectivity index (χ4n) is 5.92. The van der Waals surface area contributed by atoms with Gasteiger partial charge in [-0.05, 0) is 36.1 Å². The van der Waals surface area contributed by atoms with E-state index in [0.717, 1.165) is 22.3 Å². The Morgan fingerprint density at radius 2 is 0.920 bits per heavy atom. The Bertz CT molecular complexity index is 1530. The van der Waals surface area contributed by atoms with Crippen molar-refractivity contribution in [1.29, 1.82) is 0 Å². The summed E-state index contributed by atoms with van der Waals surface area (Å²) in [4.78, 5) is 27.2. The molecule has 0 saturated carbocycles. The first-order valence-electron chi connectivity index (χ1n) is 17.1. The first-order valence-corrected chi connectivity index (χ1v) is 17.1. The van der Waals surface area contributed by atoms with Crippen LogP contribution in [0, 0.1) is 5.92 Å². The van der Waals surface area contributed by atoms with Crippen molar-refractivity contribution in [3.8, 4) is 0 Å². The Morgan fingerprint density at radius 3 is 1.34 bits per heavy atom. The molecule has 5 atom stereocenters. The standard InChI is InChI=1S/C41H46O9/c1-3-45-40(42)35(41(43)46-4-2)37-39(49-28-33-23-15-8-16-24-33)38(48-27-32-21-13-7-14-22-32)36(47-26-31-19-11-6-12-20-31)34(50-37)29-44-25-30-17-9-5-10-18-30/h5-24,34-39H,3-4,25-29H2,1-2H3/t34-,36-,37-,38+,39+/m1/s1. The highest BCUT2D eigenvalue weighted by molar-refractivity contribution is 5.95. The largest absolute Gasteiger partial charge is 0.465 e. The van der Waals surface area contributed by atoms with Gasteiger partial charge in [0.2, 0.25) is 0 Å². The fourth-order valence-corrected chi connectivity index (χ4v) is 5.92. The molecular formula is C41H46O9. The molecule has 0 radical (unpaired) electrons. The summed E-state index contributed by atoms with van der Waals surface area (Å²) in [5.41, 5.74) is 3.77. The van der Waals surface area contributed by atoms with Crippen LogP contribution in [0.2, 0.25) is 0 Å². The zero-order valence-corrected chi connectivity index (χ0v) is 28.6. The molecule has 1 heterocycles. The van der Waals surface area contributed by atoms with Gasteiger partial charge in [-0.15, -0.1) is 0 Å². The molecule has 0 aliphatic carbocycles. The number of esters is 2. The maximum Gasteiger partial charge on any atom is 0.323 e. The Hall–Kier alpha value is -4.38. The van der Waals surface area contributed by atoms with Crippen LogP contribution in [0.4, 0.5) is 0 Å². The van der Waals surface area contributed by atoms with Crippen molar-refractivity contribution in [2.45, 2.75) is 70.8 Å². The average molecular weight is 683 g/mol. The number of rotatable bonds is 18. The maximum atomic E-state index is 13.6. The van der Waals surface area contributed by atoms with E-state index in [4.69, 9.17) is 33.2 Å². The van der Waals surface area contributed by atoms with Gasteiger partial charge in [0.15, 0.2) is 5.92 Å². The minimum atomic E-state index is -1.45. The molecule has 0 spiro atoms. The zero-order chi connectivity index (χ0) is 35.0. The zero-order valence-electron chi connectivity index (χ0n) is 28.6. The van der Waals surface area contributed by atoms with E-state index in [1.54, 1.807) is 13.8 Å².